The van der Waals surface area contributed by atoms with Crippen molar-refractivity contribution in [2.45, 2.75) is 91.8 Å². The molecular weight excluding hydrogens is 336 g/mol. The van der Waals surface area contributed by atoms with Crippen LogP contribution in [0.25, 0.3) is 0 Å². The Hall–Kier alpha value is -0.830. The number of aliphatic hydroxyl groups excluding tert-OH is 1. The van der Waals surface area contributed by atoms with Crippen molar-refractivity contribution in [2.24, 2.45) is 39.9 Å². The monoisotopic (exact) mass is 372 g/mol. The van der Waals surface area contributed by atoms with Gasteiger partial charge in [-0.05, 0) is 67.1 Å². The maximum Gasteiger partial charge on any atom is 0.309 e. The molecule has 0 bridgehead atoms. The van der Waals surface area contributed by atoms with Crippen molar-refractivity contribution in [1.29, 1.82) is 0 Å². The average Bonchev–Trinajstić information content (AvgIpc) is 2.96. The summed E-state index contributed by atoms with van der Waals surface area (Å²) >= 11 is 0. The van der Waals surface area contributed by atoms with Crippen molar-refractivity contribution < 1.29 is 14.6 Å². The van der Waals surface area contributed by atoms with Gasteiger partial charge in [0.15, 0.2) is 0 Å². The van der Waals surface area contributed by atoms with Crippen LogP contribution in [0.15, 0.2) is 11.1 Å². The minimum Gasteiger partial charge on any atom is -0.461 e. The van der Waals surface area contributed by atoms with Crippen LogP contribution in [0, 0.1) is 39.9 Å². The lowest BCUT2D eigenvalue weighted by Gasteiger charge is -2.61. The summed E-state index contributed by atoms with van der Waals surface area (Å²) in [6, 6.07) is 0. The number of aliphatic hydroxyl groups is 1. The molecule has 3 heteroatoms. The van der Waals surface area contributed by atoms with Gasteiger partial charge in [-0.2, -0.15) is 0 Å². The highest BCUT2D eigenvalue weighted by Gasteiger charge is 2.65. The molecule has 4 aliphatic carbocycles. The Labute approximate surface area is 163 Å². The number of allylic oxidation sites excluding steroid dienone is 1. The van der Waals surface area contributed by atoms with Crippen LogP contribution in [0.2, 0.25) is 0 Å². The highest BCUT2D eigenvalue weighted by Crippen LogP contribution is 2.69. The predicted octanol–water partition coefficient (Wildman–Crippen LogP) is 4.88. The molecule has 5 aliphatic rings. The van der Waals surface area contributed by atoms with Crippen LogP contribution in [0.4, 0.5) is 0 Å². The van der Waals surface area contributed by atoms with E-state index in [1.165, 1.54) is 25.7 Å². The lowest BCUT2D eigenvalue weighted by atomic mass is 9.45. The van der Waals surface area contributed by atoms with E-state index in [0.29, 0.717) is 17.8 Å². The van der Waals surface area contributed by atoms with E-state index in [1.54, 1.807) is 11.1 Å². The number of carbonyl (C=O) groups is 1. The second-order valence-corrected chi connectivity index (χ2v) is 11.4. The van der Waals surface area contributed by atoms with Crippen LogP contribution in [0.5, 0.6) is 0 Å². The summed E-state index contributed by atoms with van der Waals surface area (Å²) in [5.74, 6) is 1.68. The van der Waals surface area contributed by atoms with Crippen LogP contribution < -0.4 is 0 Å². The minimum atomic E-state index is -0.198. The van der Waals surface area contributed by atoms with E-state index < -0.39 is 0 Å². The topological polar surface area (TPSA) is 46.5 Å². The first kappa shape index (κ1) is 18.2. The summed E-state index contributed by atoms with van der Waals surface area (Å²) in [5, 5.41) is 10.7. The van der Waals surface area contributed by atoms with Crippen LogP contribution in [0.1, 0.15) is 79.6 Å². The van der Waals surface area contributed by atoms with E-state index in [1.807, 2.05) is 0 Å². The highest BCUT2D eigenvalue weighted by molar-refractivity contribution is 5.74. The fourth-order valence-corrected chi connectivity index (χ4v) is 8.67. The zero-order chi connectivity index (χ0) is 19.4. The third-order valence-electron chi connectivity index (χ3n) is 10.3. The number of hydrogen-bond acceptors (Lipinski definition) is 3. The van der Waals surface area contributed by atoms with Gasteiger partial charge in [-0.15, -0.1) is 0 Å². The minimum absolute atomic E-state index is 0.0316. The molecule has 2 saturated carbocycles. The fourth-order valence-electron chi connectivity index (χ4n) is 8.67. The second kappa shape index (κ2) is 5.40. The van der Waals surface area contributed by atoms with Gasteiger partial charge < -0.3 is 9.84 Å². The molecular formula is C24H36O3. The molecule has 0 amide bonds. The molecule has 5 rings (SSSR count). The molecule has 1 aliphatic heterocycles. The van der Waals surface area contributed by atoms with Crippen molar-refractivity contribution >= 4 is 5.97 Å². The van der Waals surface area contributed by atoms with Gasteiger partial charge in [0.25, 0.3) is 0 Å². The second-order valence-electron chi connectivity index (χ2n) is 11.4. The highest BCUT2D eigenvalue weighted by atomic mass is 16.5. The normalized spacial score (nSPS) is 53.3. The molecule has 0 radical (unpaired) electrons. The smallest absolute Gasteiger partial charge is 0.309 e. The molecule has 0 spiro atoms. The van der Waals surface area contributed by atoms with Gasteiger partial charge in [-0.1, -0.05) is 45.8 Å². The maximum atomic E-state index is 12.6. The van der Waals surface area contributed by atoms with Gasteiger partial charge in [0.1, 0.15) is 6.10 Å². The van der Waals surface area contributed by atoms with Crippen molar-refractivity contribution in [1.82, 2.24) is 0 Å². The molecule has 0 aromatic carbocycles. The Balaban J connectivity index is 1.61. The summed E-state index contributed by atoms with van der Waals surface area (Å²) in [6.07, 6.45) is 7.56. The Morgan fingerprint density at radius 1 is 1.07 bits per heavy atom. The van der Waals surface area contributed by atoms with Gasteiger partial charge in [-0.3, -0.25) is 4.79 Å². The van der Waals surface area contributed by atoms with Crippen molar-refractivity contribution in [3.05, 3.63) is 11.1 Å². The number of hydrogen-bond donors (Lipinski definition) is 1. The first-order valence-corrected chi connectivity index (χ1v) is 11.2. The number of esters is 1. The van der Waals surface area contributed by atoms with E-state index in [0.717, 1.165) is 19.3 Å². The third kappa shape index (κ3) is 2.05. The summed E-state index contributed by atoms with van der Waals surface area (Å²) in [5.41, 5.74) is 3.61. The standard InChI is InChI=1S/C24H36O3/c1-13-15-7-8-16-14-6-9-18-22(2,3)19(25)10-11-23(18,4)17(14)12-20(24(15,16)5)27-21(13)26/h13,15-16,18-20,25H,6-12H2,1-5H3. The number of rotatable bonds is 0. The summed E-state index contributed by atoms with van der Waals surface area (Å²) in [4.78, 5) is 12.6. The first-order chi connectivity index (χ1) is 12.6. The van der Waals surface area contributed by atoms with Crippen molar-refractivity contribution in [3.63, 3.8) is 0 Å². The maximum absolute atomic E-state index is 12.6. The Morgan fingerprint density at radius 3 is 2.56 bits per heavy atom. The summed E-state index contributed by atoms with van der Waals surface area (Å²) in [6.45, 7) is 11.5. The lowest BCUT2D eigenvalue weighted by molar-refractivity contribution is -0.187. The fraction of sp³-hybridized carbons (Fsp3) is 0.875. The van der Waals surface area contributed by atoms with Gasteiger partial charge in [-0.25, -0.2) is 0 Å². The Bertz CT molecular complexity index is 721. The molecule has 8 unspecified atom stereocenters. The van der Waals surface area contributed by atoms with Gasteiger partial charge in [0.05, 0.1) is 12.0 Å². The molecule has 0 aromatic heterocycles. The largest absolute Gasteiger partial charge is 0.461 e. The third-order valence-corrected chi connectivity index (χ3v) is 10.3. The quantitative estimate of drug-likeness (QED) is 0.487. The number of fused-ring (bicyclic) bond motifs is 3. The molecule has 150 valence electrons. The molecule has 1 heterocycles. The lowest BCUT2D eigenvalue weighted by Crippen LogP contribution is -2.58. The average molecular weight is 373 g/mol. The molecule has 3 fully saturated rings. The molecule has 0 aromatic rings. The summed E-state index contributed by atoms with van der Waals surface area (Å²) < 4.78 is 6.11. The zero-order valence-electron chi connectivity index (χ0n) is 17.7. The first-order valence-electron chi connectivity index (χ1n) is 11.2. The van der Waals surface area contributed by atoms with Crippen LogP contribution in [-0.4, -0.2) is 23.3 Å². The van der Waals surface area contributed by atoms with E-state index in [2.05, 4.69) is 34.6 Å². The molecule has 1 N–H and O–H groups in total. The van der Waals surface area contributed by atoms with Crippen LogP contribution >= 0.6 is 0 Å². The molecule has 8 atom stereocenters. The summed E-state index contributed by atoms with van der Waals surface area (Å²) in [7, 11) is 0. The molecule has 27 heavy (non-hydrogen) atoms. The molecule has 1 saturated heterocycles. The van der Waals surface area contributed by atoms with Crippen molar-refractivity contribution in [3.8, 4) is 0 Å². The Morgan fingerprint density at radius 2 is 1.81 bits per heavy atom. The number of ether oxygens (including phenoxy) is 1. The van der Waals surface area contributed by atoms with E-state index in [4.69, 9.17) is 4.74 Å². The molecule has 3 nitrogen and oxygen atoms in total. The number of carbonyl (C=O) groups excluding carboxylic acids is 1. The van der Waals surface area contributed by atoms with Gasteiger partial charge in [0, 0.05) is 11.8 Å². The van der Waals surface area contributed by atoms with Crippen LogP contribution in [-0.2, 0) is 9.53 Å². The van der Waals surface area contributed by atoms with E-state index >= 15 is 0 Å². The Kier molecular flexibility index (Phi) is 3.64. The van der Waals surface area contributed by atoms with E-state index in [9.17, 15) is 9.90 Å². The SMILES string of the molecule is CC1C(=O)OC2CC3=C(CCC4C3(C)CCC(O)C4(C)C)C3CCC1C23C. The van der Waals surface area contributed by atoms with Crippen molar-refractivity contribution in [2.75, 3.05) is 0 Å². The zero-order valence-corrected chi connectivity index (χ0v) is 17.7. The van der Waals surface area contributed by atoms with Crippen LogP contribution in [0.3, 0.4) is 0 Å². The van der Waals surface area contributed by atoms with E-state index in [-0.39, 0.29) is 40.3 Å². The van der Waals surface area contributed by atoms with Gasteiger partial charge in [0.2, 0.25) is 0 Å². The van der Waals surface area contributed by atoms with Gasteiger partial charge >= 0.3 is 5.97 Å². The predicted molar refractivity (Wildman–Crippen MR) is 105 cm³/mol.